The average molecular weight is 947 g/mol. The minimum absolute atomic E-state index is 0.0112. The lowest BCUT2D eigenvalue weighted by Crippen LogP contribution is -2.54. The van der Waals surface area contributed by atoms with Crippen molar-refractivity contribution in [3.63, 3.8) is 0 Å². The molecule has 15 heteroatoms. The molecule has 15 nitrogen and oxygen atoms in total. The van der Waals surface area contributed by atoms with Crippen molar-refractivity contribution < 1.29 is 19.2 Å². The molecule has 1 saturated carbocycles. The SMILES string of the molecule is CNc1ccn(-c2ccnc3c2cc([C@H](C)N2CCC(c4ccc(C(=O)N5CCC(CN6CCN(Cc7ccc8c(c7)C7(CC7)C(=O)N8[C@H]7CCC(=O)NC7=O)C[C@@H]6C)CC5)cc4)CC2)n3C)c(=O)c1. The second-order valence-electron chi connectivity index (χ2n) is 21.1. The topological polar surface area (TPSA) is 148 Å². The van der Waals surface area contributed by atoms with Gasteiger partial charge >= 0.3 is 0 Å². The van der Waals surface area contributed by atoms with E-state index in [1.807, 2.05) is 43.6 Å². The summed E-state index contributed by atoms with van der Waals surface area (Å²) in [5, 5.41) is 6.44. The largest absolute Gasteiger partial charge is 0.388 e. The highest BCUT2D eigenvalue weighted by atomic mass is 16.2. The Balaban J connectivity index is 0.639. The predicted molar refractivity (Wildman–Crippen MR) is 270 cm³/mol. The molecule has 4 amide bonds. The van der Waals surface area contributed by atoms with Crippen LogP contribution in [-0.2, 0) is 33.4 Å². The molecule has 0 bridgehead atoms. The second-order valence-corrected chi connectivity index (χ2v) is 21.1. The highest BCUT2D eigenvalue weighted by Gasteiger charge is 2.61. The van der Waals surface area contributed by atoms with Gasteiger partial charge in [-0.05, 0) is 137 Å². The molecule has 6 aliphatic rings. The van der Waals surface area contributed by atoms with Crippen LogP contribution < -0.4 is 21.1 Å². The third-order valence-electron chi connectivity index (χ3n) is 16.9. The highest BCUT2D eigenvalue weighted by molar-refractivity contribution is 6.15. The van der Waals surface area contributed by atoms with Crippen LogP contribution in [0.15, 0.2) is 83.9 Å². The smallest absolute Gasteiger partial charge is 0.257 e. The predicted octanol–water partition coefficient (Wildman–Crippen LogP) is 5.95. The van der Waals surface area contributed by atoms with Crippen LogP contribution in [0.4, 0.5) is 11.4 Å². The maximum Gasteiger partial charge on any atom is 0.257 e. The molecular formula is C55H66N10O5. The summed E-state index contributed by atoms with van der Waals surface area (Å²) in [7, 11) is 3.88. The summed E-state index contributed by atoms with van der Waals surface area (Å²) in [6.45, 7) is 12.9. The summed E-state index contributed by atoms with van der Waals surface area (Å²) >= 11 is 0. The van der Waals surface area contributed by atoms with Crippen molar-refractivity contribution in [1.82, 2.24) is 39.0 Å². The number of imide groups is 1. The maximum absolute atomic E-state index is 13.8. The molecule has 3 aromatic heterocycles. The molecule has 2 aromatic carbocycles. The van der Waals surface area contributed by atoms with Crippen molar-refractivity contribution in [3.05, 3.63) is 117 Å². The Labute approximate surface area is 409 Å². The van der Waals surface area contributed by atoms with E-state index in [-0.39, 0.29) is 41.7 Å². The normalized spacial score (nSPS) is 23.0. The Bertz CT molecular complexity index is 2910. The zero-order chi connectivity index (χ0) is 48.4. The van der Waals surface area contributed by atoms with Crippen molar-refractivity contribution in [2.24, 2.45) is 13.0 Å². The number of carbonyl (C=O) groups excluding carboxylic acids is 4. The summed E-state index contributed by atoms with van der Waals surface area (Å²) in [5.41, 5.74) is 8.20. The first-order chi connectivity index (χ1) is 33.9. The van der Waals surface area contributed by atoms with Crippen molar-refractivity contribution in [1.29, 1.82) is 0 Å². The summed E-state index contributed by atoms with van der Waals surface area (Å²) in [6.07, 6.45) is 9.94. The van der Waals surface area contributed by atoms with E-state index in [1.165, 1.54) is 16.8 Å². The minimum atomic E-state index is -0.630. The van der Waals surface area contributed by atoms with Crippen LogP contribution in [0.2, 0.25) is 0 Å². The number of pyridine rings is 2. The highest BCUT2D eigenvalue weighted by Crippen LogP contribution is 2.58. The number of hydrogen-bond donors (Lipinski definition) is 2. The van der Waals surface area contributed by atoms with E-state index in [2.05, 4.69) is 86.0 Å². The number of benzene rings is 2. The number of fused-ring (bicyclic) bond motifs is 3. The number of likely N-dealkylation sites (tertiary alicyclic amines) is 2. The van der Waals surface area contributed by atoms with Gasteiger partial charge in [-0.25, -0.2) is 4.98 Å². The number of hydrogen-bond acceptors (Lipinski definition) is 10. The number of nitrogens with one attached hydrogen (secondary N) is 2. The molecular weight excluding hydrogens is 881 g/mol. The Hall–Kier alpha value is -6.16. The first kappa shape index (κ1) is 46.2. The summed E-state index contributed by atoms with van der Waals surface area (Å²) in [4.78, 5) is 81.3. The molecule has 5 aromatic rings. The second kappa shape index (κ2) is 18.5. The number of piperazine rings is 1. The third kappa shape index (κ3) is 8.42. The number of piperidine rings is 3. The van der Waals surface area contributed by atoms with Crippen molar-refractivity contribution >= 4 is 46.0 Å². The number of carbonyl (C=O) groups is 4. The third-order valence-corrected chi connectivity index (χ3v) is 16.9. The van der Waals surface area contributed by atoms with Gasteiger partial charge in [-0.1, -0.05) is 24.3 Å². The van der Waals surface area contributed by atoms with Crippen LogP contribution in [0.5, 0.6) is 0 Å². The lowest BCUT2D eigenvalue weighted by Gasteiger charge is -2.42. The van der Waals surface area contributed by atoms with Crippen molar-refractivity contribution in [2.45, 2.75) is 101 Å². The monoisotopic (exact) mass is 947 g/mol. The van der Waals surface area contributed by atoms with Gasteiger partial charge < -0.3 is 14.8 Å². The van der Waals surface area contributed by atoms with E-state index in [9.17, 15) is 24.0 Å². The van der Waals surface area contributed by atoms with E-state index in [4.69, 9.17) is 4.98 Å². The molecule has 5 aliphatic heterocycles. The fourth-order valence-corrected chi connectivity index (χ4v) is 12.5. The zero-order valence-corrected chi connectivity index (χ0v) is 41.0. The van der Waals surface area contributed by atoms with Gasteiger partial charge in [0.15, 0.2) is 0 Å². The van der Waals surface area contributed by atoms with E-state index < -0.39 is 11.5 Å². The van der Waals surface area contributed by atoms with Gasteiger partial charge in [-0.15, -0.1) is 0 Å². The van der Waals surface area contributed by atoms with Crippen LogP contribution >= 0.6 is 0 Å². The van der Waals surface area contributed by atoms with E-state index in [0.29, 0.717) is 24.3 Å². The van der Waals surface area contributed by atoms with Crippen molar-refractivity contribution in [2.75, 3.05) is 69.6 Å². The molecule has 8 heterocycles. The van der Waals surface area contributed by atoms with Gasteiger partial charge in [0.1, 0.15) is 11.7 Å². The molecule has 3 atom stereocenters. The van der Waals surface area contributed by atoms with E-state index in [1.54, 1.807) is 21.7 Å². The zero-order valence-electron chi connectivity index (χ0n) is 41.0. The number of anilines is 2. The Morgan fingerprint density at radius 3 is 2.34 bits per heavy atom. The molecule has 11 rings (SSSR count). The number of aromatic nitrogens is 3. The number of rotatable bonds is 11. The first-order valence-electron chi connectivity index (χ1n) is 25.6. The molecule has 2 N–H and O–H groups in total. The molecule has 4 saturated heterocycles. The summed E-state index contributed by atoms with van der Waals surface area (Å²) < 4.78 is 3.86. The van der Waals surface area contributed by atoms with Crippen molar-refractivity contribution in [3.8, 4) is 5.69 Å². The molecule has 70 heavy (non-hydrogen) atoms. The average Bonchev–Trinajstić information content (AvgIpc) is 4.07. The number of aryl methyl sites for hydroxylation is 1. The fourth-order valence-electron chi connectivity index (χ4n) is 12.5. The van der Waals surface area contributed by atoms with Crippen LogP contribution in [0, 0.1) is 5.92 Å². The number of nitrogens with zero attached hydrogens (tertiary/aromatic N) is 8. The van der Waals surface area contributed by atoms with Crippen LogP contribution in [0.3, 0.4) is 0 Å². The summed E-state index contributed by atoms with van der Waals surface area (Å²) in [5.74, 6) is 0.510. The first-order valence-corrected chi connectivity index (χ1v) is 25.6. The van der Waals surface area contributed by atoms with Gasteiger partial charge in [-0.2, -0.15) is 0 Å². The van der Waals surface area contributed by atoms with Gasteiger partial charge in [0.25, 0.3) is 11.5 Å². The van der Waals surface area contributed by atoms with E-state index in [0.717, 1.165) is 137 Å². The lowest BCUT2D eigenvalue weighted by atomic mass is 9.88. The molecule has 5 fully saturated rings. The van der Waals surface area contributed by atoms with Gasteiger partial charge in [0.05, 0.1) is 11.1 Å². The Morgan fingerprint density at radius 1 is 0.871 bits per heavy atom. The fraction of sp³-hybridized carbons (Fsp3) is 0.491. The molecule has 366 valence electrons. The van der Waals surface area contributed by atoms with Gasteiger partial charge in [0, 0.05) is 125 Å². The molecule has 1 aliphatic carbocycles. The summed E-state index contributed by atoms with van der Waals surface area (Å²) in [6, 6.07) is 22.4. The number of amides is 4. The van der Waals surface area contributed by atoms with Crippen LogP contribution in [0.1, 0.15) is 110 Å². The van der Waals surface area contributed by atoms with Gasteiger partial charge in [0.2, 0.25) is 17.7 Å². The molecule has 1 spiro atoms. The van der Waals surface area contributed by atoms with Crippen LogP contribution in [0.25, 0.3) is 16.7 Å². The van der Waals surface area contributed by atoms with Gasteiger partial charge in [-0.3, -0.25) is 53.5 Å². The Morgan fingerprint density at radius 2 is 1.64 bits per heavy atom. The van der Waals surface area contributed by atoms with Crippen LogP contribution in [-0.4, -0.2) is 129 Å². The quantitative estimate of drug-likeness (QED) is 0.152. The Kier molecular flexibility index (Phi) is 12.2. The van der Waals surface area contributed by atoms with E-state index >= 15 is 0 Å². The standard InChI is InChI=1S/C55H66N10O5/c1-35-32-60(33-38-5-10-46-44(29-38)55(19-20-55)54(70)65(46)47-11-12-49(66)58-52(47)68)27-28-63(35)34-37-14-22-62(23-15-37)53(69)41-8-6-39(7-9-41)40-16-24-61(25-17-40)36(2)48-31-43-45(13-21-57-51(43)59(48)4)64-26-18-42(56-3)30-50(64)67/h5-10,13,18,21,26,29-31,35-37,40,47,56H,11-12,14-17,19-20,22-25,27-28,32-34H2,1-4H3,(H,58,66,68)/t35-,36-,47-/m0/s1. The maximum atomic E-state index is 13.8. The molecule has 0 radical (unpaired) electrons. The lowest BCUT2D eigenvalue weighted by molar-refractivity contribution is -0.135. The molecule has 0 unspecified atom stereocenters. The minimum Gasteiger partial charge on any atom is -0.388 e.